The van der Waals surface area contributed by atoms with E-state index in [4.69, 9.17) is 5.73 Å². The molecular weight excluding hydrogens is 170 g/mol. The molecule has 0 radical (unpaired) electrons. The van der Waals surface area contributed by atoms with Gasteiger partial charge >= 0.3 is 0 Å². The van der Waals surface area contributed by atoms with Crippen LogP contribution in [0.4, 0.5) is 0 Å². The molecule has 0 spiro atoms. The SMILES string of the molecule is CC(C)(C)C1Cc2ccccc2C1N. The number of rotatable bonds is 0. The first-order valence-electron chi connectivity index (χ1n) is 5.33. The van der Waals surface area contributed by atoms with Crippen molar-refractivity contribution in [1.29, 1.82) is 0 Å². The second-order valence-electron chi connectivity index (χ2n) is 5.40. The number of hydrogen-bond donors (Lipinski definition) is 1. The van der Waals surface area contributed by atoms with Gasteiger partial charge in [-0.1, -0.05) is 45.0 Å². The molecule has 0 amide bonds. The van der Waals surface area contributed by atoms with Gasteiger partial charge in [0.05, 0.1) is 0 Å². The smallest absolute Gasteiger partial charge is 0.0334 e. The van der Waals surface area contributed by atoms with Crippen molar-refractivity contribution in [2.45, 2.75) is 33.2 Å². The first kappa shape index (κ1) is 9.72. The molecule has 0 saturated carbocycles. The fourth-order valence-corrected chi connectivity index (χ4v) is 2.47. The van der Waals surface area contributed by atoms with Gasteiger partial charge in [0, 0.05) is 6.04 Å². The Kier molecular flexibility index (Phi) is 2.15. The summed E-state index contributed by atoms with van der Waals surface area (Å²) < 4.78 is 0. The van der Waals surface area contributed by atoms with Crippen molar-refractivity contribution in [3.63, 3.8) is 0 Å². The third-order valence-corrected chi connectivity index (χ3v) is 3.40. The van der Waals surface area contributed by atoms with E-state index in [1.165, 1.54) is 11.1 Å². The average molecular weight is 189 g/mol. The third kappa shape index (κ3) is 1.46. The largest absolute Gasteiger partial charge is 0.324 e. The Hall–Kier alpha value is -0.820. The van der Waals surface area contributed by atoms with Gasteiger partial charge in [-0.05, 0) is 28.9 Å². The van der Waals surface area contributed by atoms with Gasteiger partial charge in [0.1, 0.15) is 0 Å². The predicted molar refractivity (Wildman–Crippen MR) is 60.0 cm³/mol. The van der Waals surface area contributed by atoms with E-state index < -0.39 is 0 Å². The highest BCUT2D eigenvalue weighted by Crippen LogP contribution is 2.43. The first-order chi connectivity index (χ1) is 6.50. The van der Waals surface area contributed by atoms with E-state index >= 15 is 0 Å². The molecule has 1 aromatic carbocycles. The molecule has 2 N–H and O–H groups in total. The lowest BCUT2D eigenvalue weighted by molar-refractivity contribution is 0.217. The van der Waals surface area contributed by atoms with Crippen LogP contribution in [-0.2, 0) is 6.42 Å². The van der Waals surface area contributed by atoms with E-state index in [9.17, 15) is 0 Å². The molecular formula is C13H19N. The molecule has 1 aliphatic rings. The molecule has 1 heteroatoms. The highest BCUT2D eigenvalue weighted by Gasteiger charge is 2.36. The van der Waals surface area contributed by atoms with Crippen molar-refractivity contribution < 1.29 is 0 Å². The number of nitrogens with two attached hydrogens (primary N) is 1. The molecule has 2 rings (SSSR count). The molecule has 1 aliphatic carbocycles. The Morgan fingerprint density at radius 3 is 2.43 bits per heavy atom. The van der Waals surface area contributed by atoms with Crippen LogP contribution in [0.1, 0.15) is 37.9 Å². The summed E-state index contributed by atoms with van der Waals surface area (Å²) >= 11 is 0. The van der Waals surface area contributed by atoms with Crippen LogP contribution in [0, 0.1) is 11.3 Å². The topological polar surface area (TPSA) is 26.0 Å². The molecule has 0 aromatic heterocycles. The average Bonchev–Trinajstić information content (AvgIpc) is 2.44. The van der Waals surface area contributed by atoms with Gasteiger partial charge < -0.3 is 5.73 Å². The first-order valence-corrected chi connectivity index (χ1v) is 5.33. The monoisotopic (exact) mass is 189 g/mol. The summed E-state index contributed by atoms with van der Waals surface area (Å²) in [5.41, 5.74) is 9.38. The maximum atomic E-state index is 6.28. The molecule has 1 nitrogen and oxygen atoms in total. The normalized spacial score (nSPS) is 26.3. The summed E-state index contributed by atoms with van der Waals surface area (Å²) in [7, 11) is 0. The van der Waals surface area contributed by atoms with E-state index in [1.807, 2.05) is 0 Å². The molecule has 0 heterocycles. The number of fused-ring (bicyclic) bond motifs is 1. The highest BCUT2D eigenvalue weighted by atomic mass is 14.7. The molecule has 2 atom stereocenters. The maximum absolute atomic E-state index is 6.28. The molecule has 1 aromatic rings. The van der Waals surface area contributed by atoms with Crippen LogP contribution < -0.4 is 5.73 Å². The number of benzene rings is 1. The molecule has 0 bridgehead atoms. The van der Waals surface area contributed by atoms with Crippen molar-refractivity contribution in [3.8, 4) is 0 Å². The second-order valence-corrected chi connectivity index (χ2v) is 5.40. The van der Waals surface area contributed by atoms with Crippen molar-refractivity contribution in [2.24, 2.45) is 17.1 Å². The molecule has 14 heavy (non-hydrogen) atoms. The molecule has 0 fully saturated rings. The quantitative estimate of drug-likeness (QED) is 0.667. The summed E-state index contributed by atoms with van der Waals surface area (Å²) in [6.07, 6.45) is 1.14. The van der Waals surface area contributed by atoms with Gasteiger partial charge in [0.2, 0.25) is 0 Å². The Morgan fingerprint density at radius 1 is 1.21 bits per heavy atom. The van der Waals surface area contributed by atoms with Crippen LogP contribution in [0.5, 0.6) is 0 Å². The summed E-state index contributed by atoms with van der Waals surface area (Å²) in [6, 6.07) is 8.80. The Bertz CT molecular complexity index is 335. The van der Waals surface area contributed by atoms with Gasteiger partial charge in [-0.2, -0.15) is 0 Å². The zero-order chi connectivity index (χ0) is 10.3. The minimum atomic E-state index is 0.228. The van der Waals surface area contributed by atoms with Gasteiger partial charge in [-0.3, -0.25) is 0 Å². The fraction of sp³-hybridized carbons (Fsp3) is 0.538. The van der Waals surface area contributed by atoms with Crippen molar-refractivity contribution in [3.05, 3.63) is 35.4 Å². The van der Waals surface area contributed by atoms with Crippen LogP contribution in [0.15, 0.2) is 24.3 Å². The van der Waals surface area contributed by atoms with Crippen molar-refractivity contribution in [2.75, 3.05) is 0 Å². The second kappa shape index (κ2) is 3.09. The minimum Gasteiger partial charge on any atom is -0.324 e. The molecule has 2 unspecified atom stereocenters. The predicted octanol–water partition coefficient (Wildman–Crippen LogP) is 2.90. The summed E-state index contributed by atoms with van der Waals surface area (Å²) in [6.45, 7) is 6.84. The van der Waals surface area contributed by atoms with Crippen LogP contribution in [0.2, 0.25) is 0 Å². The minimum absolute atomic E-state index is 0.228. The van der Waals surface area contributed by atoms with Gasteiger partial charge in [0.15, 0.2) is 0 Å². The Balaban J connectivity index is 2.35. The third-order valence-electron chi connectivity index (χ3n) is 3.40. The molecule has 0 saturated heterocycles. The molecule has 76 valence electrons. The van der Waals surface area contributed by atoms with E-state index in [0.717, 1.165) is 6.42 Å². The lowest BCUT2D eigenvalue weighted by Crippen LogP contribution is -2.28. The maximum Gasteiger partial charge on any atom is 0.0334 e. The summed E-state index contributed by atoms with van der Waals surface area (Å²) in [4.78, 5) is 0. The molecule has 0 aliphatic heterocycles. The van der Waals surface area contributed by atoms with Gasteiger partial charge in [-0.25, -0.2) is 0 Å². The van der Waals surface area contributed by atoms with E-state index in [-0.39, 0.29) is 6.04 Å². The van der Waals surface area contributed by atoms with E-state index in [1.54, 1.807) is 0 Å². The van der Waals surface area contributed by atoms with Gasteiger partial charge in [-0.15, -0.1) is 0 Å². The van der Waals surface area contributed by atoms with E-state index in [0.29, 0.717) is 11.3 Å². The summed E-state index contributed by atoms with van der Waals surface area (Å²) in [5, 5.41) is 0. The zero-order valence-electron chi connectivity index (χ0n) is 9.25. The summed E-state index contributed by atoms with van der Waals surface area (Å²) in [5.74, 6) is 0.583. The van der Waals surface area contributed by atoms with Gasteiger partial charge in [0.25, 0.3) is 0 Å². The van der Waals surface area contributed by atoms with E-state index in [2.05, 4.69) is 45.0 Å². The Labute approximate surface area is 86.3 Å². The van der Waals surface area contributed by atoms with Crippen LogP contribution in [0.25, 0.3) is 0 Å². The lowest BCUT2D eigenvalue weighted by atomic mass is 9.77. The van der Waals surface area contributed by atoms with Crippen LogP contribution in [-0.4, -0.2) is 0 Å². The van der Waals surface area contributed by atoms with Crippen molar-refractivity contribution >= 4 is 0 Å². The van der Waals surface area contributed by atoms with Crippen molar-refractivity contribution in [1.82, 2.24) is 0 Å². The van der Waals surface area contributed by atoms with Crippen LogP contribution >= 0.6 is 0 Å². The number of hydrogen-bond acceptors (Lipinski definition) is 1. The lowest BCUT2D eigenvalue weighted by Gasteiger charge is -2.30. The standard InChI is InChI=1S/C13H19N/c1-13(2,3)11-8-9-6-4-5-7-10(9)12(11)14/h4-7,11-12H,8,14H2,1-3H3. The fourth-order valence-electron chi connectivity index (χ4n) is 2.47. The highest BCUT2D eigenvalue weighted by molar-refractivity contribution is 5.36. The Morgan fingerprint density at radius 2 is 1.86 bits per heavy atom. The zero-order valence-corrected chi connectivity index (χ0v) is 9.25. The van der Waals surface area contributed by atoms with Crippen LogP contribution in [0.3, 0.4) is 0 Å².